The van der Waals surface area contributed by atoms with Crippen LogP contribution in [-0.2, 0) is 0 Å². The van der Waals surface area contributed by atoms with E-state index in [2.05, 4.69) is 15.9 Å². The SMILES string of the molecule is COc1c(Br)ccc(C(C)CO)c1O. The molecule has 0 aliphatic carbocycles. The van der Waals surface area contributed by atoms with Gasteiger partial charge < -0.3 is 14.9 Å². The molecule has 1 unspecified atom stereocenters. The van der Waals surface area contributed by atoms with E-state index in [9.17, 15) is 5.11 Å². The maximum Gasteiger partial charge on any atom is 0.174 e. The van der Waals surface area contributed by atoms with Crippen LogP contribution in [0, 0.1) is 0 Å². The highest BCUT2D eigenvalue weighted by atomic mass is 79.9. The van der Waals surface area contributed by atoms with Crippen molar-refractivity contribution in [2.45, 2.75) is 12.8 Å². The van der Waals surface area contributed by atoms with Crippen LogP contribution in [0.25, 0.3) is 0 Å². The van der Waals surface area contributed by atoms with Gasteiger partial charge in [0.1, 0.15) is 0 Å². The molecule has 1 aromatic carbocycles. The largest absolute Gasteiger partial charge is 0.504 e. The lowest BCUT2D eigenvalue weighted by Gasteiger charge is -2.14. The summed E-state index contributed by atoms with van der Waals surface area (Å²) in [6, 6.07) is 3.56. The summed E-state index contributed by atoms with van der Waals surface area (Å²) < 4.78 is 5.73. The van der Waals surface area contributed by atoms with Crippen LogP contribution in [0.1, 0.15) is 18.4 Å². The Kier molecular flexibility index (Phi) is 3.77. The number of phenols is 1. The first kappa shape index (κ1) is 11.3. The van der Waals surface area contributed by atoms with E-state index in [0.29, 0.717) is 15.8 Å². The van der Waals surface area contributed by atoms with Gasteiger partial charge in [0.25, 0.3) is 0 Å². The maximum absolute atomic E-state index is 9.81. The van der Waals surface area contributed by atoms with E-state index in [0.717, 1.165) is 0 Å². The minimum atomic E-state index is -0.100. The van der Waals surface area contributed by atoms with Crippen LogP contribution in [-0.4, -0.2) is 23.9 Å². The van der Waals surface area contributed by atoms with E-state index in [1.807, 2.05) is 6.92 Å². The average molecular weight is 261 g/mol. The Hall–Kier alpha value is -0.740. The summed E-state index contributed by atoms with van der Waals surface area (Å²) in [4.78, 5) is 0. The van der Waals surface area contributed by atoms with Gasteiger partial charge in [0.05, 0.1) is 11.6 Å². The Labute approximate surface area is 91.5 Å². The fraction of sp³-hybridized carbons (Fsp3) is 0.400. The molecule has 0 amide bonds. The minimum absolute atomic E-state index is 0.00164. The first-order valence-electron chi connectivity index (χ1n) is 4.28. The Balaban J connectivity index is 3.21. The van der Waals surface area contributed by atoms with Gasteiger partial charge in [-0.3, -0.25) is 0 Å². The highest BCUT2D eigenvalue weighted by molar-refractivity contribution is 9.10. The van der Waals surface area contributed by atoms with Crippen molar-refractivity contribution >= 4 is 15.9 Å². The Morgan fingerprint density at radius 3 is 2.64 bits per heavy atom. The van der Waals surface area contributed by atoms with Gasteiger partial charge in [-0.05, 0) is 22.0 Å². The van der Waals surface area contributed by atoms with Gasteiger partial charge in [-0.2, -0.15) is 0 Å². The molecule has 0 bridgehead atoms. The van der Waals surface area contributed by atoms with Crippen molar-refractivity contribution in [3.63, 3.8) is 0 Å². The lowest BCUT2D eigenvalue weighted by molar-refractivity contribution is 0.269. The predicted molar refractivity (Wildman–Crippen MR) is 57.9 cm³/mol. The molecule has 0 heterocycles. The van der Waals surface area contributed by atoms with Gasteiger partial charge >= 0.3 is 0 Å². The van der Waals surface area contributed by atoms with E-state index in [1.165, 1.54) is 7.11 Å². The van der Waals surface area contributed by atoms with Gasteiger partial charge in [-0.1, -0.05) is 13.0 Å². The number of rotatable bonds is 3. The normalized spacial score (nSPS) is 12.6. The zero-order valence-electron chi connectivity index (χ0n) is 8.12. The van der Waals surface area contributed by atoms with E-state index >= 15 is 0 Å². The van der Waals surface area contributed by atoms with Gasteiger partial charge in [0, 0.05) is 18.1 Å². The van der Waals surface area contributed by atoms with Crippen LogP contribution in [0.4, 0.5) is 0 Å². The van der Waals surface area contributed by atoms with Crippen molar-refractivity contribution in [1.82, 2.24) is 0 Å². The third-order valence-electron chi connectivity index (χ3n) is 2.12. The molecular formula is C10H13BrO3. The standard InChI is InChI=1S/C10H13BrO3/c1-6(5-12)7-3-4-8(11)10(14-2)9(7)13/h3-4,6,12-13H,5H2,1-2H3. The molecule has 1 atom stereocenters. The summed E-state index contributed by atoms with van der Waals surface area (Å²) in [5.74, 6) is 0.392. The van der Waals surface area contributed by atoms with Crippen LogP contribution in [0.5, 0.6) is 11.5 Å². The second-order valence-electron chi connectivity index (χ2n) is 3.10. The molecule has 3 nitrogen and oxygen atoms in total. The quantitative estimate of drug-likeness (QED) is 0.877. The molecule has 1 aromatic rings. The van der Waals surface area contributed by atoms with Crippen LogP contribution < -0.4 is 4.74 Å². The lowest BCUT2D eigenvalue weighted by atomic mass is 10.0. The highest BCUT2D eigenvalue weighted by Gasteiger charge is 2.15. The molecule has 78 valence electrons. The van der Waals surface area contributed by atoms with Crippen LogP contribution in [0.3, 0.4) is 0 Å². The zero-order valence-corrected chi connectivity index (χ0v) is 9.71. The third-order valence-corrected chi connectivity index (χ3v) is 2.75. The molecule has 4 heteroatoms. The number of benzene rings is 1. The highest BCUT2D eigenvalue weighted by Crippen LogP contribution is 2.39. The summed E-state index contributed by atoms with van der Waals surface area (Å²) in [7, 11) is 1.49. The number of hydrogen-bond donors (Lipinski definition) is 2. The number of methoxy groups -OCH3 is 1. The Morgan fingerprint density at radius 1 is 1.50 bits per heavy atom. The summed E-state index contributed by atoms with van der Waals surface area (Å²) in [6.07, 6.45) is 0. The van der Waals surface area contributed by atoms with Crippen molar-refractivity contribution in [2.24, 2.45) is 0 Å². The van der Waals surface area contributed by atoms with Crippen molar-refractivity contribution in [3.8, 4) is 11.5 Å². The summed E-state index contributed by atoms with van der Waals surface area (Å²) in [5.41, 5.74) is 0.688. The molecule has 1 rings (SSSR count). The van der Waals surface area contributed by atoms with Crippen molar-refractivity contribution < 1.29 is 14.9 Å². The molecular weight excluding hydrogens is 248 g/mol. The number of aliphatic hydroxyl groups is 1. The molecule has 0 aliphatic rings. The lowest BCUT2D eigenvalue weighted by Crippen LogP contribution is -2.00. The predicted octanol–water partition coefficient (Wildman–Crippen LogP) is 2.26. The van der Waals surface area contributed by atoms with Crippen molar-refractivity contribution in [2.75, 3.05) is 13.7 Å². The van der Waals surface area contributed by atoms with E-state index < -0.39 is 0 Å². The monoisotopic (exact) mass is 260 g/mol. The van der Waals surface area contributed by atoms with Gasteiger partial charge in [-0.25, -0.2) is 0 Å². The summed E-state index contributed by atoms with van der Waals surface area (Å²) in [5, 5.41) is 18.8. The van der Waals surface area contributed by atoms with E-state index in [-0.39, 0.29) is 18.3 Å². The third kappa shape index (κ3) is 2.01. The number of phenolic OH excluding ortho intramolecular Hbond substituents is 1. The number of halogens is 1. The molecule has 0 aromatic heterocycles. The molecule has 0 fully saturated rings. The van der Waals surface area contributed by atoms with Crippen molar-refractivity contribution in [3.05, 3.63) is 22.2 Å². The van der Waals surface area contributed by atoms with Crippen molar-refractivity contribution in [1.29, 1.82) is 0 Å². The van der Waals surface area contributed by atoms with Crippen LogP contribution >= 0.6 is 15.9 Å². The number of aliphatic hydroxyl groups excluding tert-OH is 1. The first-order chi connectivity index (χ1) is 6.61. The van der Waals surface area contributed by atoms with Crippen LogP contribution in [0.2, 0.25) is 0 Å². The molecule has 14 heavy (non-hydrogen) atoms. The zero-order chi connectivity index (χ0) is 10.7. The van der Waals surface area contributed by atoms with Gasteiger partial charge in [0.15, 0.2) is 11.5 Å². The molecule has 0 saturated heterocycles. The number of aromatic hydroxyl groups is 1. The van der Waals surface area contributed by atoms with E-state index in [1.54, 1.807) is 12.1 Å². The summed E-state index contributed by atoms with van der Waals surface area (Å²) >= 11 is 3.26. The maximum atomic E-state index is 9.81. The molecule has 0 spiro atoms. The second kappa shape index (κ2) is 4.66. The molecule has 0 aliphatic heterocycles. The molecule has 0 saturated carbocycles. The smallest absolute Gasteiger partial charge is 0.174 e. The Bertz CT molecular complexity index is 325. The molecule has 2 N–H and O–H groups in total. The average Bonchev–Trinajstić information content (AvgIpc) is 2.18. The summed E-state index contributed by atoms with van der Waals surface area (Å²) in [6.45, 7) is 1.83. The number of ether oxygens (including phenoxy) is 1. The molecule has 0 radical (unpaired) electrons. The first-order valence-corrected chi connectivity index (χ1v) is 5.07. The number of hydrogen-bond acceptors (Lipinski definition) is 3. The minimum Gasteiger partial charge on any atom is -0.504 e. The van der Waals surface area contributed by atoms with Crippen LogP contribution in [0.15, 0.2) is 16.6 Å². The Morgan fingerprint density at radius 2 is 2.14 bits per heavy atom. The fourth-order valence-electron chi connectivity index (χ4n) is 1.25. The van der Waals surface area contributed by atoms with Gasteiger partial charge in [0.2, 0.25) is 0 Å². The van der Waals surface area contributed by atoms with Gasteiger partial charge in [-0.15, -0.1) is 0 Å². The topological polar surface area (TPSA) is 49.7 Å². The fourth-order valence-corrected chi connectivity index (χ4v) is 1.73. The van der Waals surface area contributed by atoms with E-state index in [4.69, 9.17) is 9.84 Å². The second-order valence-corrected chi connectivity index (χ2v) is 3.96.